The van der Waals surface area contributed by atoms with Gasteiger partial charge in [0.2, 0.25) is 5.91 Å². The molecule has 3 N–H and O–H groups in total. The molecule has 1 amide bonds. The van der Waals surface area contributed by atoms with Crippen molar-refractivity contribution < 1.29 is 9.53 Å². The summed E-state index contributed by atoms with van der Waals surface area (Å²) in [6.07, 6.45) is 7.19. The monoisotopic (exact) mass is 256 g/mol. The van der Waals surface area contributed by atoms with Crippen LogP contribution in [-0.2, 0) is 9.53 Å². The van der Waals surface area contributed by atoms with E-state index in [-0.39, 0.29) is 11.9 Å². The topological polar surface area (TPSA) is 64.3 Å². The highest BCUT2D eigenvalue weighted by molar-refractivity contribution is 5.84. The second kappa shape index (κ2) is 7.10. The molecule has 1 aliphatic carbocycles. The molecular formula is C14H28N2O2. The Balaban J connectivity index is 2.35. The van der Waals surface area contributed by atoms with Gasteiger partial charge in [0.05, 0.1) is 11.6 Å². The highest BCUT2D eigenvalue weighted by atomic mass is 16.5. The number of amides is 1. The molecule has 0 aliphatic heterocycles. The SMILES string of the molecule is CC(C)NC(C)(CCOC1CCCCC1)C(N)=O. The van der Waals surface area contributed by atoms with E-state index < -0.39 is 5.54 Å². The Bertz CT molecular complexity index is 263. The number of rotatable bonds is 7. The van der Waals surface area contributed by atoms with Gasteiger partial charge in [-0.3, -0.25) is 4.79 Å². The number of ether oxygens (including phenoxy) is 1. The van der Waals surface area contributed by atoms with Crippen molar-refractivity contribution in [3.8, 4) is 0 Å². The van der Waals surface area contributed by atoms with Crippen LogP contribution in [0.1, 0.15) is 59.3 Å². The largest absolute Gasteiger partial charge is 0.378 e. The van der Waals surface area contributed by atoms with E-state index in [1.807, 2.05) is 20.8 Å². The Morgan fingerprint density at radius 2 is 2.00 bits per heavy atom. The lowest BCUT2D eigenvalue weighted by atomic mass is 9.95. The number of primary amides is 1. The maximum atomic E-state index is 11.5. The Hall–Kier alpha value is -0.610. The van der Waals surface area contributed by atoms with E-state index in [0.717, 1.165) is 12.8 Å². The number of nitrogens with one attached hydrogen (secondary N) is 1. The molecular weight excluding hydrogens is 228 g/mol. The minimum atomic E-state index is -0.664. The summed E-state index contributed by atoms with van der Waals surface area (Å²) in [5, 5.41) is 3.24. The van der Waals surface area contributed by atoms with E-state index in [2.05, 4.69) is 5.32 Å². The standard InChI is InChI=1S/C14H28N2O2/c1-11(2)16-14(3,13(15)17)9-10-18-12-7-5-4-6-8-12/h11-12,16H,4-10H2,1-3H3,(H2,15,17). The predicted molar refractivity (Wildman–Crippen MR) is 73.3 cm³/mol. The molecule has 0 saturated heterocycles. The Kier molecular flexibility index (Phi) is 6.09. The van der Waals surface area contributed by atoms with Gasteiger partial charge >= 0.3 is 0 Å². The summed E-state index contributed by atoms with van der Waals surface area (Å²) in [4.78, 5) is 11.5. The van der Waals surface area contributed by atoms with Crippen molar-refractivity contribution in [2.24, 2.45) is 5.73 Å². The van der Waals surface area contributed by atoms with Gasteiger partial charge in [-0.2, -0.15) is 0 Å². The number of hydrogen-bond donors (Lipinski definition) is 2. The van der Waals surface area contributed by atoms with Crippen LogP contribution in [-0.4, -0.2) is 30.2 Å². The average molecular weight is 256 g/mol. The second-order valence-corrected chi connectivity index (χ2v) is 5.88. The molecule has 0 heterocycles. The van der Waals surface area contributed by atoms with Crippen molar-refractivity contribution in [1.82, 2.24) is 5.32 Å². The number of carbonyl (C=O) groups is 1. The Morgan fingerprint density at radius 3 is 2.50 bits per heavy atom. The molecule has 0 spiro atoms. The summed E-state index contributed by atoms with van der Waals surface area (Å²) in [7, 11) is 0. The minimum absolute atomic E-state index is 0.234. The zero-order valence-corrected chi connectivity index (χ0v) is 12.0. The Morgan fingerprint density at radius 1 is 1.39 bits per heavy atom. The van der Waals surface area contributed by atoms with Crippen molar-refractivity contribution in [2.45, 2.75) is 77.0 Å². The first-order chi connectivity index (χ1) is 8.44. The van der Waals surface area contributed by atoms with Crippen LogP contribution >= 0.6 is 0 Å². The smallest absolute Gasteiger partial charge is 0.237 e. The van der Waals surface area contributed by atoms with Crippen molar-refractivity contribution in [3.05, 3.63) is 0 Å². The van der Waals surface area contributed by atoms with Crippen LogP contribution < -0.4 is 11.1 Å². The Labute approximate surface area is 111 Å². The summed E-state index contributed by atoms with van der Waals surface area (Å²) in [5.74, 6) is -0.302. The van der Waals surface area contributed by atoms with Crippen molar-refractivity contribution >= 4 is 5.91 Å². The number of hydrogen-bond acceptors (Lipinski definition) is 3. The summed E-state index contributed by atoms with van der Waals surface area (Å²) in [5.41, 5.74) is 4.82. The first-order valence-electron chi connectivity index (χ1n) is 7.13. The number of carbonyl (C=O) groups excluding carboxylic acids is 1. The average Bonchev–Trinajstić information content (AvgIpc) is 2.29. The van der Waals surface area contributed by atoms with E-state index in [1.54, 1.807) is 0 Å². The molecule has 4 heteroatoms. The molecule has 0 radical (unpaired) electrons. The predicted octanol–water partition coefficient (Wildman–Crippen LogP) is 1.97. The molecule has 0 aromatic heterocycles. The lowest BCUT2D eigenvalue weighted by molar-refractivity contribution is -0.125. The molecule has 106 valence electrons. The summed E-state index contributed by atoms with van der Waals surface area (Å²) < 4.78 is 5.86. The van der Waals surface area contributed by atoms with Crippen LogP contribution in [0.4, 0.5) is 0 Å². The summed E-state index contributed by atoms with van der Waals surface area (Å²) in [6, 6.07) is 0.234. The van der Waals surface area contributed by atoms with Gasteiger partial charge in [0, 0.05) is 12.6 Å². The van der Waals surface area contributed by atoms with E-state index in [4.69, 9.17) is 10.5 Å². The van der Waals surface area contributed by atoms with E-state index in [9.17, 15) is 4.79 Å². The summed E-state index contributed by atoms with van der Waals surface area (Å²) >= 11 is 0. The number of nitrogens with two attached hydrogens (primary N) is 1. The zero-order valence-electron chi connectivity index (χ0n) is 12.0. The van der Waals surface area contributed by atoms with Gasteiger partial charge in [-0.15, -0.1) is 0 Å². The fraction of sp³-hybridized carbons (Fsp3) is 0.929. The van der Waals surface area contributed by atoms with Gasteiger partial charge in [0.1, 0.15) is 0 Å². The van der Waals surface area contributed by atoms with Gasteiger partial charge in [-0.1, -0.05) is 19.3 Å². The zero-order chi connectivity index (χ0) is 13.6. The van der Waals surface area contributed by atoms with Crippen LogP contribution in [0.2, 0.25) is 0 Å². The molecule has 1 saturated carbocycles. The molecule has 4 nitrogen and oxygen atoms in total. The van der Waals surface area contributed by atoms with Gasteiger partial charge in [-0.05, 0) is 40.0 Å². The third kappa shape index (κ3) is 4.94. The van der Waals surface area contributed by atoms with E-state index in [0.29, 0.717) is 19.1 Å². The highest BCUT2D eigenvalue weighted by Crippen LogP contribution is 2.21. The van der Waals surface area contributed by atoms with Crippen molar-refractivity contribution in [3.63, 3.8) is 0 Å². The fourth-order valence-corrected chi connectivity index (χ4v) is 2.57. The van der Waals surface area contributed by atoms with E-state index >= 15 is 0 Å². The maximum Gasteiger partial charge on any atom is 0.237 e. The second-order valence-electron chi connectivity index (χ2n) is 5.88. The fourth-order valence-electron chi connectivity index (χ4n) is 2.57. The van der Waals surface area contributed by atoms with Crippen LogP contribution in [0, 0.1) is 0 Å². The third-order valence-corrected chi connectivity index (χ3v) is 3.66. The van der Waals surface area contributed by atoms with Crippen LogP contribution in [0.3, 0.4) is 0 Å². The maximum absolute atomic E-state index is 11.5. The molecule has 1 aliphatic rings. The molecule has 0 bridgehead atoms. The quantitative estimate of drug-likeness (QED) is 0.732. The molecule has 18 heavy (non-hydrogen) atoms. The van der Waals surface area contributed by atoms with Gasteiger partial charge < -0.3 is 15.8 Å². The molecule has 1 atom stereocenters. The molecule has 0 aromatic rings. The van der Waals surface area contributed by atoms with Gasteiger partial charge in [-0.25, -0.2) is 0 Å². The van der Waals surface area contributed by atoms with Gasteiger partial charge in [0.15, 0.2) is 0 Å². The minimum Gasteiger partial charge on any atom is -0.378 e. The molecule has 1 rings (SSSR count). The van der Waals surface area contributed by atoms with Crippen molar-refractivity contribution in [2.75, 3.05) is 6.61 Å². The first-order valence-corrected chi connectivity index (χ1v) is 7.13. The first kappa shape index (κ1) is 15.4. The molecule has 1 fully saturated rings. The van der Waals surface area contributed by atoms with Crippen LogP contribution in [0.25, 0.3) is 0 Å². The molecule has 0 aromatic carbocycles. The van der Waals surface area contributed by atoms with Crippen LogP contribution in [0.5, 0.6) is 0 Å². The highest BCUT2D eigenvalue weighted by Gasteiger charge is 2.31. The lowest BCUT2D eigenvalue weighted by Crippen LogP contribution is -2.56. The third-order valence-electron chi connectivity index (χ3n) is 3.66. The van der Waals surface area contributed by atoms with Gasteiger partial charge in [0.25, 0.3) is 0 Å². The van der Waals surface area contributed by atoms with Crippen molar-refractivity contribution in [1.29, 1.82) is 0 Å². The normalized spacial score (nSPS) is 20.9. The van der Waals surface area contributed by atoms with Crippen LogP contribution in [0.15, 0.2) is 0 Å². The van der Waals surface area contributed by atoms with E-state index in [1.165, 1.54) is 19.3 Å². The lowest BCUT2D eigenvalue weighted by Gasteiger charge is -2.31. The molecule has 1 unspecified atom stereocenters. The summed E-state index contributed by atoms with van der Waals surface area (Å²) in [6.45, 7) is 6.50.